The van der Waals surface area contributed by atoms with Crippen LogP contribution in [0.4, 0.5) is 16.2 Å². The van der Waals surface area contributed by atoms with Crippen LogP contribution < -0.4 is 10.6 Å². The van der Waals surface area contributed by atoms with Crippen LogP contribution in [0.15, 0.2) is 78.9 Å². The minimum atomic E-state index is -0.244. The second kappa shape index (κ2) is 7.47. The molecule has 0 aromatic heterocycles. The third-order valence-electron chi connectivity index (χ3n) is 3.87. The van der Waals surface area contributed by atoms with Gasteiger partial charge >= 0.3 is 6.03 Å². The predicted octanol–water partition coefficient (Wildman–Crippen LogP) is 5.56. The van der Waals surface area contributed by atoms with Crippen LogP contribution in [0, 0.1) is 0 Å². The number of nitrogens with one attached hydrogen (secondary N) is 2. The molecule has 0 heterocycles. The maximum Gasteiger partial charge on any atom is 0.323 e. The number of benzene rings is 3. The SMILES string of the molecule is CCc1ccc(NC(=O)Nc2ccc(-c3ccccc3)cc2)cc1. The third kappa shape index (κ3) is 4.02. The Hall–Kier alpha value is -3.07. The molecule has 120 valence electrons. The molecule has 3 nitrogen and oxygen atoms in total. The summed E-state index contributed by atoms with van der Waals surface area (Å²) in [6, 6.07) is 25.6. The van der Waals surface area contributed by atoms with Crippen molar-refractivity contribution in [3.63, 3.8) is 0 Å². The second-order valence-corrected chi connectivity index (χ2v) is 5.57. The van der Waals surface area contributed by atoms with Gasteiger partial charge in [-0.15, -0.1) is 0 Å². The van der Waals surface area contributed by atoms with Gasteiger partial charge in [0, 0.05) is 11.4 Å². The lowest BCUT2D eigenvalue weighted by atomic mass is 10.1. The molecule has 0 bridgehead atoms. The summed E-state index contributed by atoms with van der Waals surface area (Å²) in [6.45, 7) is 2.11. The smallest absolute Gasteiger partial charge is 0.308 e. The number of carbonyl (C=O) groups excluding carboxylic acids is 1. The first kappa shape index (κ1) is 15.8. The topological polar surface area (TPSA) is 41.1 Å². The molecule has 0 unspecified atom stereocenters. The number of hydrogen-bond donors (Lipinski definition) is 2. The molecule has 24 heavy (non-hydrogen) atoms. The van der Waals surface area contributed by atoms with E-state index in [1.165, 1.54) is 5.56 Å². The first-order valence-electron chi connectivity index (χ1n) is 8.07. The van der Waals surface area contributed by atoms with E-state index in [4.69, 9.17) is 0 Å². The summed E-state index contributed by atoms with van der Waals surface area (Å²) in [7, 11) is 0. The molecule has 3 aromatic carbocycles. The number of hydrogen-bond acceptors (Lipinski definition) is 1. The van der Waals surface area contributed by atoms with Crippen LogP contribution in [0.3, 0.4) is 0 Å². The molecule has 0 saturated carbocycles. The highest BCUT2D eigenvalue weighted by atomic mass is 16.2. The highest BCUT2D eigenvalue weighted by Gasteiger charge is 2.03. The summed E-state index contributed by atoms with van der Waals surface area (Å²) in [6.07, 6.45) is 0.986. The second-order valence-electron chi connectivity index (χ2n) is 5.57. The highest BCUT2D eigenvalue weighted by Crippen LogP contribution is 2.21. The first-order chi connectivity index (χ1) is 11.7. The number of amides is 2. The van der Waals surface area contributed by atoms with Crippen LogP contribution in [0.2, 0.25) is 0 Å². The Morgan fingerprint density at radius 3 is 1.75 bits per heavy atom. The minimum absolute atomic E-state index is 0.244. The van der Waals surface area contributed by atoms with E-state index >= 15 is 0 Å². The van der Waals surface area contributed by atoms with Gasteiger partial charge in [-0.05, 0) is 47.4 Å². The molecular weight excluding hydrogens is 296 g/mol. The average Bonchev–Trinajstić information content (AvgIpc) is 2.64. The van der Waals surface area contributed by atoms with Crippen molar-refractivity contribution in [2.45, 2.75) is 13.3 Å². The lowest BCUT2D eigenvalue weighted by Crippen LogP contribution is -2.19. The Morgan fingerprint density at radius 2 is 1.21 bits per heavy atom. The zero-order valence-electron chi connectivity index (χ0n) is 13.6. The molecule has 0 aliphatic rings. The fourth-order valence-electron chi connectivity index (χ4n) is 2.49. The standard InChI is InChI=1S/C21H20N2O/c1-2-16-8-12-19(13-9-16)22-21(24)23-20-14-10-18(11-15-20)17-6-4-3-5-7-17/h3-15H,2H2,1H3,(H2,22,23,24). The Bertz CT molecular complexity index is 794. The van der Waals surface area contributed by atoms with Gasteiger partial charge < -0.3 is 10.6 Å². The molecule has 0 aliphatic heterocycles. The van der Waals surface area contributed by atoms with E-state index in [1.54, 1.807) is 0 Å². The lowest BCUT2D eigenvalue weighted by molar-refractivity contribution is 0.262. The van der Waals surface area contributed by atoms with E-state index in [-0.39, 0.29) is 6.03 Å². The van der Waals surface area contributed by atoms with Crippen molar-refractivity contribution in [3.05, 3.63) is 84.4 Å². The fourth-order valence-corrected chi connectivity index (χ4v) is 2.49. The van der Waals surface area contributed by atoms with Gasteiger partial charge in [0.15, 0.2) is 0 Å². The number of urea groups is 1. The maximum absolute atomic E-state index is 12.1. The van der Waals surface area contributed by atoms with Crippen molar-refractivity contribution >= 4 is 17.4 Å². The quantitative estimate of drug-likeness (QED) is 0.650. The molecule has 3 rings (SSSR count). The van der Waals surface area contributed by atoms with Crippen LogP contribution in [-0.2, 0) is 6.42 Å². The average molecular weight is 316 g/mol. The Kier molecular flexibility index (Phi) is 4.92. The molecule has 3 heteroatoms. The maximum atomic E-state index is 12.1. The van der Waals surface area contributed by atoms with Crippen LogP contribution in [0.1, 0.15) is 12.5 Å². The molecule has 2 N–H and O–H groups in total. The zero-order chi connectivity index (χ0) is 16.8. The summed E-state index contributed by atoms with van der Waals surface area (Å²) >= 11 is 0. The van der Waals surface area contributed by atoms with Crippen molar-refractivity contribution in [2.24, 2.45) is 0 Å². The van der Waals surface area contributed by atoms with E-state index in [1.807, 2.05) is 66.7 Å². The molecule has 3 aromatic rings. The largest absolute Gasteiger partial charge is 0.323 e. The molecule has 0 radical (unpaired) electrons. The minimum Gasteiger partial charge on any atom is -0.308 e. The van der Waals surface area contributed by atoms with Crippen LogP contribution in [0.25, 0.3) is 11.1 Å². The van der Waals surface area contributed by atoms with Crippen LogP contribution >= 0.6 is 0 Å². The van der Waals surface area contributed by atoms with Gasteiger partial charge in [-0.1, -0.05) is 61.5 Å². The van der Waals surface area contributed by atoms with E-state index in [2.05, 4.69) is 29.7 Å². The van der Waals surface area contributed by atoms with E-state index < -0.39 is 0 Å². The van der Waals surface area contributed by atoms with Crippen LogP contribution in [-0.4, -0.2) is 6.03 Å². The lowest BCUT2D eigenvalue weighted by Gasteiger charge is -2.09. The van der Waals surface area contributed by atoms with Gasteiger partial charge in [0.25, 0.3) is 0 Å². The normalized spacial score (nSPS) is 10.2. The van der Waals surface area contributed by atoms with Crippen molar-refractivity contribution in [1.29, 1.82) is 0 Å². The summed E-state index contributed by atoms with van der Waals surface area (Å²) in [5.41, 5.74) is 5.07. The number of rotatable bonds is 4. The van der Waals surface area contributed by atoms with Gasteiger partial charge in [0.2, 0.25) is 0 Å². The molecule has 2 amide bonds. The number of carbonyl (C=O) groups is 1. The Balaban J connectivity index is 1.62. The van der Waals surface area contributed by atoms with Crippen molar-refractivity contribution in [3.8, 4) is 11.1 Å². The summed E-state index contributed by atoms with van der Waals surface area (Å²) in [5.74, 6) is 0. The molecule has 0 saturated heterocycles. The van der Waals surface area contributed by atoms with Gasteiger partial charge in [-0.2, -0.15) is 0 Å². The molecule has 0 aliphatic carbocycles. The molecular formula is C21H20N2O. The number of aryl methyl sites for hydroxylation is 1. The molecule has 0 spiro atoms. The van der Waals surface area contributed by atoms with Crippen molar-refractivity contribution in [1.82, 2.24) is 0 Å². The Labute approximate surface area is 142 Å². The predicted molar refractivity (Wildman–Crippen MR) is 100 cm³/mol. The third-order valence-corrected chi connectivity index (χ3v) is 3.87. The summed E-state index contributed by atoms with van der Waals surface area (Å²) < 4.78 is 0. The molecule has 0 atom stereocenters. The van der Waals surface area contributed by atoms with E-state index in [0.29, 0.717) is 0 Å². The monoisotopic (exact) mass is 316 g/mol. The first-order valence-corrected chi connectivity index (χ1v) is 8.07. The van der Waals surface area contributed by atoms with Crippen molar-refractivity contribution < 1.29 is 4.79 Å². The zero-order valence-corrected chi connectivity index (χ0v) is 13.6. The van der Waals surface area contributed by atoms with Gasteiger partial charge in [-0.3, -0.25) is 0 Å². The van der Waals surface area contributed by atoms with Gasteiger partial charge in [-0.25, -0.2) is 4.79 Å². The van der Waals surface area contributed by atoms with E-state index in [0.717, 1.165) is 28.9 Å². The fraction of sp³-hybridized carbons (Fsp3) is 0.0952. The number of anilines is 2. The van der Waals surface area contributed by atoms with Gasteiger partial charge in [0.05, 0.1) is 0 Å². The van der Waals surface area contributed by atoms with Crippen LogP contribution in [0.5, 0.6) is 0 Å². The highest BCUT2D eigenvalue weighted by molar-refractivity contribution is 5.99. The van der Waals surface area contributed by atoms with E-state index in [9.17, 15) is 4.79 Å². The summed E-state index contributed by atoms with van der Waals surface area (Å²) in [5, 5.41) is 5.69. The Morgan fingerprint density at radius 1 is 0.708 bits per heavy atom. The van der Waals surface area contributed by atoms with Gasteiger partial charge in [0.1, 0.15) is 0 Å². The summed E-state index contributed by atoms with van der Waals surface area (Å²) in [4.78, 5) is 12.1. The molecule has 0 fully saturated rings. The van der Waals surface area contributed by atoms with Crippen molar-refractivity contribution in [2.75, 3.05) is 10.6 Å².